The van der Waals surface area contributed by atoms with E-state index in [1.165, 1.54) is 0 Å². The first kappa shape index (κ1) is 10.2. The number of furan rings is 1. The summed E-state index contributed by atoms with van der Waals surface area (Å²) in [6.07, 6.45) is 7.44. The molecule has 1 rings (SSSR count). The van der Waals surface area contributed by atoms with Gasteiger partial charge in [-0.05, 0) is 24.2 Å². The van der Waals surface area contributed by atoms with Gasteiger partial charge in [0.2, 0.25) is 0 Å². The van der Waals surface area contributed by atoms with Crippen LogP contribution in [0.3, 0.4) is 0 Å². The van der Waals surface area contributed by atoms with Gasteiger partial charge < -0.3 is 9.73 Å². The summed E-state index contributed by atoms with van der Waals surface area (Å²) < 4.78 is 4.99. The van der Waals surface area contributed by atoms with Gasteiger partial charge in [0.1, 0.15) is 0 Å². The molecule has 1 aromatic rings. The molecule has 0 radical (unpaired) electrons. The Morgan fingerprint density at radius 3 is 3.00 bits per heavy atom. The fourth-order valence-electron chi connectivity index (χ4n) is 1.21. The van der Waals surface area contributed by atoms with Gasteiger partial charge in [-0.3, -0.25) is 0 Å². The monoisotopic (exact) mass is 197 g/mol. The highest BCUT2D eigenvalue weighted by molar-refractivity contribution is 6.29. The van der Waals surface area contributed by atoms with Gasteiger partial charge in [-0.2, -0.15) is 0 Å². The van der Waals surface area contributed by atoms with E-state index < -0.39 is 0 Å². The molecule has 70 valence electrons. The molecule has 0 saturated carbocycles. The van der Waals surface area contributed by atoms with Crippen LogP contribution >= 0.6 is 11.6 Å². The van der Waals surface area contributed by atoms with E-state index in [1.54, 1.807) is 6.26 Å². The molecule has 0 aliphatic heterocycles. The number of nitrogens with one attached hydrogen (secondary N) is 1. The molecule has 0 aromatic carbocycles. The summed E-state index contributed by atoms with van der Waals surface area (Å²) in [7, 11) is 0. The highest BCUT2D eigenvalue weighted by Gasteiger charge is 2.14. The first-order valence-corrected chi connectivity index (χ1v) is 4.57. The first-order chi connectivity index (χ1) is 6.29. The number of hydrogen-bond donors (Lipinski definition) is 1. The Kier molecular flexibility index (Phi) is 3.88. The van der Waals surface area contributed by atoms with Gasteiger partial charge in [-0.25, -0.2) is 0 Å². The Hall–Kier alpha value is -0.910. The lowest BCUT2D eigenvalue weighted by Crippen LogP contribution is -2.20. The molecule has 0 amide bonds. The SMILES string of the molecule is C#CCC(NCC)c1ccoc1Cl. The molecule has 1 heterocycles. The second-order valence-corrected chi connectivity index (χ2v) is 3.01. The summed E-state index contributed by atoms with van der Waals surface area (Å²) in [5.74, 6) is 2.61. The average Bonchev–Trinajstić information content (AvgIpc) is 2.51. The topological polar surface area (TPSA) is 25.2 Å². The molecule has 1 N–H and O–H groups in total. The molecule has 0 fully saturated rings. The maximum atomic E-state index is 5.83. The van der Waals surface area contributed by atoms with Gasteiger partial charge in [-0.15, -0.1) is 12.3 Å². The van der Waals surface area contributed by atoms with Crippen molar-refractivity contribution in [3.63, 3.8) is 0 Å². The summed E-state index contributed by atoms with van der Waals surface area (Å²) >= 11 is 5.83. The van der Waals surface area contributed by atoms with E-state index in [0.29, 0.717) is 11.6 Å². The Morgan fingerprint density at radius 1 is 1.77 bits per heavy atom. The Labute approximate surface area is 83.3 Å². The van der Waals surface area contributed by atoms with Gasteiger partial charge in [0.05, 0.1) is 6.26 Å². The number of terminal acetylenes is 1. The fourth-order valence-corrected chi connectivity index (χ4v) is 1.46. The highest BCUT2D eigenvalue weighted by atomic mass is 35.5. The lowest BCUT2D eigenvalue weighted by Gasteiger charge is -2.13. The van der Waals surface area contributed by atoms with Crippen LogP contribution in [-0.2, 0) is 0 Å². The van der Waals surface area contributed by atoms with Crippen LogP contribution in [0.15, 0.2) is 16.7 Å². The van der Waals surface area contributed by atoms with Crippen molar-refractivity contribution in [3.8, 4) is 12.3 Å². The standard InChI is InChI=1S/C10H12ClNO/c1-3-5-9(12-4-2)8-6-7-13-10(8)11/h1,6-7,9,12H,4-5H2,2H3. The minimum Gasteiger partial charge on any atom is -0.453 e. The number of hydrogen-bond acceptors (Lipinski definition) is 2. The highest BCUT2D eigenvalue weighted by Crippen LogP contribution is 2.25. The minimum atomic E-state index is 0.0984. The van der Waals surface area contributed by atoms with Crippen LogP contribution in [0.5, 0.6) is 0 Å². The van der Waals surface area contributed by atoms with Crippen molar-refractivity contribution >= 4 is 11.6 Å². The van der Waals surface area contributed by atoms with Crippen molar-refractivity contribution < 1.29 is 4.42 Å². The van der Waals surface area contributed by atoms with Gasteiger partial charge in [0.15, 0.2) is 5.22 Å². The van der Waals surface area contributed by atoms with Gasteiger partial charge in [0, 0.05) is 18.0 Å². The maximum absolute atomic E-state index is 5.83. The van der Waals surface area contributed by atoms with Gasteiger partial charge in [-0.1, -0.05) is 6.92 Å². The van der Waals surface area contributed by atoms with Crippen molar-refractivity contribution in [1.82, 2.24) is 5.32 Å². The van der Waals surface area contributed by atoms with E-state index in [1.807, 2.05) is 13.0 Å². The third-order valence-corrected chi connectivity index (χ3v) is 2.10. The molecule has 0 aliphatic rings. The van der Waals surface area contributed by atoms with E-state index in [2.05, 4.69) is 11.2 Å². The Bertz CT molecular complexity index is 300. The fraction of sp³-hybridized carbons (Fsp3) is 0.400. The minimum absolute atomic E-state index is 0.0984. The third-order valence-electron chi connectivity index (χ3n) is 1.79. The molecule has 1 atom stereocenters. The zero-order valence-electron chi connectivity index (χ0n) is 7.51. The predicted octanol–water partition coefficient (Wildman–Crippen LogP) is 2.61. The van der Waals surface area contributed by atoms with Crippen LogP contribution < -0.4 is 5.32 Å². The normalized spacial score (nSPS) is 12.4. The summed E-state index contributed by atoms with van der Waals surface area (Å²) in [5, 5.41) is 3.66. The Morgan fingerprint density at radius 2 is 2.54 bits per heavy atom. The molecule has 3 heteroatoms. The van der Waals surface area contributed by atoms with Crippen LogP contribution in [0.4, 0.5) is 0 Å². The molecule has 0 spiro atoms. The lowest BCUT2D eigenvalue weighted by molar-refractivity contribution is 0.535. The molecule has 0 aliphatic carbocycles. The van der Waals surface area contributed by atoms with Crippen molar-refractivity contribution in [2.24, 2.45) is 0 Å². The lowest BCUT2D eigenvalue weighted by atomic mass is 10.1. The average molecular weight is 198 g/mol. The zero-order valence-corrected chi connectivity index (χ0v) is 8.27. The molecular weight excluding hydrogens is 186 g/mol. The quantitative estimate of drug-likeness (QED) is 0.751. The molecule has 2 nitrogen and oxygen atoms in total. The van der Waals surface area contributed by atoms with Crippen molar-refractivity contribution in [2.75, 3.05) is 6.54 Å². The summed E-state index contributed by atoms with van der Waals surface area (Å²) in [6, 6.07) is 1.94. The zero-order chi connectivity index (χ0) is 9.68. The third kappa shape index (κ3) is 2.51. The Balaban J connectivity index is 2.76. The maximum Gasteiger partial charge on any atom is 0.197 e. The van der Waals surface area contributed by atoms with Crippen LogP contribution in [0.2, 0.25) is 5.22 Å². The molecule has 0 saturated heterocycles. The van der Waals surface area contributed by atoms with Crippen LogP contribution in [0.25, 0.3) is 0 Å². The van der Waals surface area contributed by atoms with E-state index in [-0.39, 0.29) is 6.04 Å². The number of rotatable bonds is 4. The molecule has 0 bridgehead atoms. The van der Waals surface area contributed by atoms with E-state index in [0.717, 1.165) is 12.1 Å². The van der Waals surface area contributed by atoms with Gasteiger partial charge in [0.25, 0.3) is 0 Å². The molecule has 1 aromatic heterocycles. The van der Waals surface area contributed by atoms with E-state index in [9.17, 15) is 0 Å². The summed E-state index contributed by atoms with van der Waals surface area (Å²) in [4.78, 5) is 0. The van der Waals surface area contributed by atoms with E-state index >= 15 is 0 Å². The molecule has 1 unspecified atom stereocenters. The predicted molar refractivity (Wildman–Crippen MR) is 53.6 cm³/mol. The second-order valence-electron chi connectivity index (χ2n) is 2.67. The summed E-state index contributed by atoms with van der Waals surface area (Å²) in [5.41, 5.74) is 0.932. The van der Waals surface area contributed by atoms with Crippen molar-refractivity contribution in [3.05, 3.63) is 23.1 Å². The number of halogens is 1. The van der Waals surface area contributed by atoms with Crippen LogP contribution in [0, 0.1) is 12.3 Å². The second kappa shape index (κ2) is 4.96. The van der Waals surface area contributed by atoms with E-state index in [4.69, 9.17) is 22.4 Å². The molecular formula is C10H12ClNO. The first-order valence-electron chi connectivity index (χ1n) is 4.19. The van der Waals surface area contributed by atoms with Crippen molar-refractivity contribution in [1.29, 1.82) is 0 Å². The smallest absolute Gasteiger partial charge is 0.197 e. The van der Waals surface area contributed by atoms with Gasteiger partial charge >= 0.3 is 0 Å². The molecule has 13 heavy (non-hydrogen) atoms. The summed E-state index contributed by atoms with van der Waals surface area (Å²) in [6.45, 7) is 2.88. The van der Waals surface area contributed by atoms with Crippen molar-refractivity contribution in [2.45, 2.75) is 19.4 Å². The van der Waals surface area contributed by atoms with Crippen LogP contribution in [-0.4, -0.2) is 6.54 Å². The largest absolute Gasteiger partial charge is 0.453 e. The van der Waals surface area contributed by atoms with Crippen LogP contribution in [0.1, 0.15) is 24.9 Å².